The quantitative estimate of drug-likeness (QED) is 0.827. The van der Waals surface area contributed by atoms with Crippen molar-refractivity contribution in [3.8, 4) is 0 Å². The molecule has 0 unspecified atom stereocenters. The van der Waals surface area contributed by atoms with Crippen LogP contribution in [0.15, 0.2) is 44.8 Å². The SMILES string of the molecule is CC(=O)c1ccc(Sc2cc([C@]3(O)CCO[C@@H](C)C3)cs2)cc1. The Kier molecular flexibility index (Phi) is 4.92. The third kappa shape index (κ3) is 3.86. The third-order valence-electron chi connectivity index (χ3n) is 4.14. The van der Waals surface area contributed by atoms with Gasteiger partial charge in [-0.15, -0.1) is 11.3 Å². The van der Waals surface area contributed by atoms with Gasteiger partial charge in [-0.2, -0.15) is 0 Å². The number of thiophene rings is 1. The van der Waals surface area contributed by atoms with Gasteiger partial charge in [0, 0.05) is 23.3 Å². The normalized spacial score (nSPS) is 24.6. The summed E-state index contributed by atoms with van der Waals surface area (Å²) in [5.41, 5.74) is 0.943. The van der Waals surface area contributed by atoms with Crippen LogP contribution in [-0.2, 0) is 10.3 Å². The zero-order valence-electron chi connectivity index (χ0n) is 13.2. The van der Waals surface area contributed by atoms with Crippen molar-refractivity contribution >= 4 is 28.9 Å². The number of benzene rings is 1. The lowest BCUT2D eigenvalue weighted by Crippen LogP contribution is -2.37. The summed E-state index contributed by atoms with van der Waals surface area (Å²) in [5, 5.41) is 12.9. The Morgan fingerprint density at radius 3 is 2.78 bits per heavy atom. The fourth-order valence-corrected chi connectivity index (χ4v) is 4.86. The van der Waals surface area contributed by atoms with Crippen LogP contribution >= 0.6 is 23.1 Å². The van der Waals surface area contributed by atoms with Gasteiger partial charge in [-0.3, -0.25) is 4.79 Å². The third-order valence-corrected chi connectivity index (χ3v) is 6.22. The summed E-state index contributed by atoms with van der Waals surface area (Å²) in [6, 6.07) is 9.71. The zero-order valence-corrected chi connectivity index (χ0v) is 14.9. The van der Waals surface area contributed by atoms with Gasteiger partial charge in [-0.25, -0.2) is 0 Å². The number of rotatable bonds is 4. The molecule has 0 spiro atoms. The van der Waals surface area contributed by atoms with Gasteiger partial charge < -0.3 is 9.84 Å². The number of hydrogen-bond donors (Lipinski definition) is 1. The second-order valence-corrected chi connectivity index (χ2v) is 8.29. The van der Waals surface area contributed by atoms with Gasteiger partial charge in [0.05, 0.1) is 22.5 Å². The minimum atomic E-state index is -0.772. The average molecular weight is 348 g/mol. The van der Waals surface area contributed by atoms with Crippen LogP contribution in [0.25, 0.3) is 0 Å². The van der Waals surface area contributed by atoms with Crippen molar-refractivity contribution in [3.63, 3.8) is 0 Å². The van der Waals surface area contributed by atoms with E-state index in [9.17, 15) is 9.90 Å². The Hall–Kier alpha value is -1.14. The molecule has 122 valence electrons. The molecule has 0 aliphatic carbocycles. The van der Waals surface area contributed by atoms with Crippen LogP contribution in [0.4, 0.5) is 0 Å². The van der Waals surface area contributed by atoms with Crippen molar-refractivity contribution in [1.82, 2.24) is 0 Å². The van der Waals surface area contributed by atoms with Gasteiger partial charge in [0.15, 0.2) is 5.78 Å². The molecule has 1 fully saturated rings. The lowest BCUT2D eigenvalue weighted by molar-refractivity contribution is -0.101. The molecule has 1 aromatic heterocycles. The second kappa shape index (κ2) is 6.77. The fourth-order valence-electron chi connectivity index (χ4n) is 2.82. The number of carbonyl (C=O) groups is 1. The average Bonchev–Trinajstić information content (AvgIpc) is 2.97. The molecule has 1 saturated heterocycles. The van der Waals surface area contributed by atoms with E-state index in [0.717, 1.165) is 20.2 Å². The number of carbonyl (C=O) groups excluding carboxylic acids is 1. The Labute approximate surface area is 144 Å². The fraction of sp³-hybridized carbons (Fsp3) is 0.389. The summed E-state index contributed by atoms with van der Waals surface area (Å²) in [6.07, 6.45) is 1.37. The van der Waals surface area contributed by atoms with Gasteiger partial charge in [0.1, 0.15) is 0 Å². The summed E-state index contributed by atoms with van der Waals surface area (Å²) >= 11 is 3.30. The van der Waals surface area contributed by atoms with Crippen molar-refractivity contribution < 1.29 is 14.6 Å². The van der Waals surface area contributed by atoms with Crippen LogP contribution in [0.1, 0.15) is 42.6 Å². The van der Waals surface area contributed by atoms with E-state index in [0.29, 0.717) is 19.4 Å². The Morgan fingerprint density at radius 1 is 1.39 bits per heavy atom. The van der Waals surface area contributed by atoms with Crippen molar-refractivity contribution in [1.29, 1.82) is 0 Å². The predicted molar refractivity (Wildman–Crippen MR) is 93.4 cm³/mol. The van der Waals surface area contributed by atoms with E-state index >= 15 is 0 Å². The second-order valence-electron chi connectivity index (χ2n) is 6.00. The maximum atomic E-state index is 11.3. The summed E-state index contributed by atoms with van der Waals surface area (Å²) in [6.45, 7) is 4.18. The summed E-state index contributed by atoms with van der Waals surface area (Å²) in [4.78, 5) is 12.4. The molecule has 1 N–H and O–H groups in total. The van der Waals surface area contributed by atoms with Crippen molar-refractivity contribution in [2.75, 3.05) is 6.61 Å². The van der Waals surface area contributed by atoms with Crippen LogP contribution in [0.5, 0.6) is 0 Å². The molecular formula is C18H20O3S2. The van der Waals surface area contributed by atoms with E-state index in [4.69, 9.17) is 4.74 Å². The lowest BCUT2D eigenvalue weighted by atomic mass is 9.86. The molecule has 0 saturated carbocycles. The Bertz CT molecular complexity index is 693. The summed E-state index contributed by atoms with van der Waals surface area (Å²) in [7, 11) is 0. The van der Waals surface area contributed by atoms with E-state index < -0.39 is 5.60 Å². The molecule has 1 aliphatic heterocycles. The first kappa shape index (κ1) is 16.7. The van der Waals surface area contributed by atoms with Gasteiger partial charge in [0.25, 0.3) is 0 Å². The standard InChI is InChI=1S/C18H20O3S2/c1-12-10-18(20,7-8-21-12)15-9-17(22-11-15)23-16-5-3-14(4-6-16)13(2)19/h3-6,9,11-12,20H,7-8,10H2,1-2H3/t12-,18-/m0/s1. The first-order valence-electron chi connectivity index (χ1n) is 7.68. The van der Waals surface area contributed by atoms with Crippen LogP contribution in [0.3, 0.4) is 0 Å². The highest BCUT2D eigenvalue weighted by Gasteiger charge is 2.35. The smallest absolute Gasteiger partial charge is 0.159 e. The van der Waals surface area contributed by atoms with Gasteiger partial charge in [-0.1, -0.05) is 23.9 Å². The first-order valence-corrected chi connectivity index (χ1v) is 9.38. The Balaban J connectivity index is 1.73. The molecule has 23 heavy (non-hydrogen) atoms. The van der Waals surface area contributed by atoms with Crippen LogP contribution in [0.2, 0.25) is 0 Å². The molecule has 0 bridgehead atoms. The minimum absolute atomic E-state index is 0.0795. The molecule has 3 rings (SSSR count). The number of ether oxygens (including phenoxy) is 1. The predicted octanol–water partition coefficient (Wildman–Crippen LogP) is 4.49. The molecule has 2 atom stereocenters. The molecule has 3 nitrogen and oxygen atoms in total. The minimum Gasteiger partial charge on any atom is -0.385 e. The summed E-state index contributed by atoms with van der Waals surface area (Å²) in [5.74, 6) is 0.0795. The maximum absolute atomic E-state index is 11.3. The van der Waals surface area contributed by atoms with Crippen molar-refractivity contribution in [3.05, 3.63) is 46.8 Å². The molecule has 2 aromatic rings. The van der Waals surface area contributed by atoms with E-state index in [1.165, 1.54) is 0 Å². The van der Waals surface area contributed by atoms with Gasteiger partial charge in [-0.05, 0) is 43.0 Å². The number of ketones is 1. The topological polar surface area (TPSA) is 46.5 Å². The van der Waals surface area contributed by atoms with Gasteiger partial charge >= 0.3 is 0 Å². The molecule has 1 aliphatic rings. The van der Waals surface area contributed by atoms with Crippen LogP contribution in [-0.4, -0.2) is 23.6 Å². The lowest BCUT2D eigenvalue weighted by Gasteiger charge is -2.35. The molecule has 0 amide bonds. The summed E-state index contributed by atoms with van der Waals surface area (Å²) < 4.78 is 6.68. The zero-order chi connectivity index (χ0) is 16.4. The maximum Gasteiger partial charge on any atom is 0.159 e. The Morgan fingerprint density at radius 2 is 2.13 bits per heavy atom. The van der Waals surface area contributed by atoms with Crippen molar-refractivity contribution in [2.45, 2.75) is 47.5 Å². The van der Waals surface area contributed by atoms with Gasteiger partial charge in [0.2, 0.25) is 0 Å². The van der Waals surface area contributed by atoms with Crippen molar-refractivity contribution in [2.24, 2.45) is 0 Å². The molecular weight excluding hydrogens is 328 g/mol. The van der Waals surface area contributed by atoms with E-state index in [1.807, 2.05) is 36.6 Å². The highest BCUT2D eigenvalue weighted by Crippen LogP contribution is 2.40. The number of aliphatic hydroxyl groups is 1. The largest absolute Gasteiger partial charge is 0.385 e. The number of hydrogen-bond acceptors (Lipinski definition) is 5. The highest BCUT2D eigenvalue weighted by atomic mass is 32.2. The molecule has 0 radical (unpaired) electrons. The van der Waals surface area contributed by atoms with E-state index in [2.05, 4.69) is 6.07 Å². The molecule has 5 heteroatoms. The van der Waals surface area contributed by atoms with Crippen LogP contribution in [0, 0.1) is 0 Å². The molecule has 1 aromatic carbocycles. The first-order chi connectivity index (χ1) is 11.0. The van der Waals surface area contributed by atoms with E-state index in [1.54, 1.807) is 30.0 Å². The monoisotopic (exact) mass is 348 g/mol. The van der Waals surface area contributed by atoms with Crippen LogP contribution < -0.4 is 0 Å². The van der Waals surface area contributed by atoms with E-state index in [-0.39, 0.29) is 11.9 Å². The number of Topliss-reactive ketones (excluding diaryl/α,β-unsaturated/α-hetero) is 1. The molecule has 2 heterocycles. The highest BCUT2D eigenvalue weighted by molar-refractivity contribution is 8.01.